The molecule has 3 rings (SSSR count). The predicted molar refractivity (Wildman–Crippen MR) is 105 cm³/mol. The number of nitrogens with one attached hydrogen (secondary N) is 1. The molecule has 2 aromatic heterocycles. The Morgan fingerprint density at radius 1 is 1.46 bits per heavy atom. The summed E-state index contributed by atoms with van der Waals surface area (Å²) in [6.07, 6.45) is 3.92. The highest BCUT2D eigenvalue weighted by atomic mass is 35.5. The molecule has 26 heavy (non-hydrogen) atoms. The van der Waals surface area contributed by atoms with Crippen LogP contribution in [0.3, 0.4) is 0 Å². The fraction of sp³-hybridized carbons (Fsp3) is 0.632. The largest absolute Gasteiger partial charge is 0.345 e. The van der Waals surface area contributed by atoms with E-state index in [-0.39, 0.29) is 24.2 Å². The minimum Gasteiger partial charge on any atom is -0.345 e. The summed E-state index contributed by atoms with van der Waals surface area (Å²) in [6, 6.07) is 1.92. The van der Waals surface area contributed by atoms with Crippen LogP contribution in [0.2, 0.25) is 0 Å². The molecule has 3 N–H and O–H groups in total. The number of carbonyl (C=O) groups excluding carboxylic acids is 1. The molecule has 1 saturated carbocycles. The van der Waals surface area contributed by atoms with Crippen molar-refractivity contribution in [3.63, 3.8) is 0 Å². The van der Waals surface area contributed by atoms with Crippen LogP contribution in [0.1, 0.15) is 74.6 Å². The topological polar surface area (TPSA) is 94.0 Å². The standard InChI is InChI=1S/C19H28N4O2.ClH/c1-5-6-14-16-13(17(24)22-19(4,10-20)11(2)3)9-15(12-7-8-12)21-18(16)25-23-14;/h9,11-12H,5-8,10,20H2,1-4H3,(H,22,24);1H. The zero-order valence-corrected chi connectivity index (χ0v) is 16.8. The Kier molecular flexibility index (Phi) is 6.29. The summed E-state index contributed by atoms with van der Waals surface area (Å²) in [5, 5.41) is 8.04. The molecule has 144 valence electrons. The van der Waals surface area contributed by atoms with Gasteiger partial charge in [-0.3, -0.25) is 4.79 Å². The van der Waals surface area contributed by atoms with Crippen LogP contribution in [0, 0.1) is 5.92 Å². The van der Waals surface area contributed by atoms with E-state index < -0.39 is 5.54 Å². The van der Waals surface area contributed by atoms with Gasteiger partial charge >= 0.3 is 0 Å². The van der Waals surface area contributed by atoms with Crippen LogP contribution in [-0.4, -0.2) is 28.1 Å². The number of hydrogen-bond donors (Lipinski definition) is 2. The van der Waals surface area contributed by atoms with Gasteiger partial charge in [0.2, 0.25) is 0 Å². The minimum atomic E-state index is -0.464. The molecular formula is C19H29ClN4O2. The summed E-state index contributed by atoms with van der Waals surface area (Å²) in [4.78, 5) is 17.7. The molecule has 0 radical (unpaired) electrons. The second kappa shape index (κ2) is 7.92. The van der Waals surface area contributed by atoms with Crippen molar-refractivity contribution >= 4 is 29.4 Å². The first kappa shape index (κ1) is 20.6. The molecule has 1 aliphatic carbocycles. The van der Waals surface area contributed by atoms with Crippen molar-refractivity contribution in [2.45, 2.75) is 64.8 Å². The first-order valence-electron chi connectivity index (χ1n) is 9.21. The van der Waals surface area contributed by atoms with Crippen molar-refractivity contribution < 1.29 is 9.32 Å². The summed E-state index contributed by atoms with van der Waals surface area (Å²) in [6.45, 7) is 8.57. The van der Waals surface area contributed by atoms with Gasteiger partial charge in [0.1, 0.15) is 0 Å². The fourth-order valence-corrected chi connectivity index (χ4v) is 2.96. The van der Waals surface area contributed by atoms with Crippen LogP contribution < -0.4 is 11.1 Å². The van der Waals surface area contributed by atoms with E-state index in [4.69, 9.17) is 10.3 Å². The van der Waals surface area contributed by atoms with Crippen LogP contribution in [0.25, 0.3) is 11.1 Å². The molecule has 0 spiro atoms. The van der Waals surface area contributed by atoms with E-state index in [1.165, 1.54) is 0 Å². The van der Waals surface area contributed by atoms with Gasteiger partial charge in [-0.15, -0.1) is 12.4 Å². The molecule has 7 heteroatoms. The van der Waals surface area contributed by atoms with Crippen LogP contribution >= 0.6 is 12.4 Å². The number of halogens is 1. The molecule has 0 aromatic carbocycles. The second-order valence-electron chi connectivity index (χ2n) is 7.66. The zero-order chi connectivity index (χ0) is 18.2. The van der Waals surface area contributed by atoms with Crippen molar-refractivity contribution in [1.82, 2.24) is 15.5 Å². The monoisotopic (exact) mass is 380 g/mol. The van der Waals surface area contributed by atoms with Crippen molar-refractivity contribution in [1.29, 1.82) is 0 Å². The molecule has 1 amide bonds. The molecule has 0 bridgehead atoms. The van der Waals surface area contributed by atoms with Crippen molar-refractivity contribution in [3.8, 4) is 0 Å². The molecule has 0 aliphatic heterocycles. The minimum absolute atomic E-state index is 0. The highest BCUT2D eigenvalue weighted by molar-refractivity contribution is 6.06. The average molecular weight is 381 g/mol. The average Bonchev–Trinajstić information content (AvgIpc) is 3.36. The molecular weight excluding hydrogens is 352 g/mol. The molecule has 0 saturated heterocycles. The number of hydrogen-bond acceptors (Lipinski definition) is 5. The zero-order valence-electron chi connectivity index (χ0n) is 16.0. The van der Waals surface area contributed by atoms with E-state index in [9.17, 15) is 4.79 Å². The maximum Gasteiger partial charge on any atom is 0.259 e. The summed E-state index contributed by atoms with van der Waals surface area (Å²) in [7, 11) is 0. The van der Waals surface area contributed by atoms with Gasteiger partial charge in [0, 0.05) is 18.2 Å². The second-order valence-corrected chi connectivity index (χ2v) is 7.66. The van der Waals surface area contributed by atoms with Gasteiger partial charge < -0.3 is 15.6 Å². The molecule has 1 unspecified atom stereocenters. The van der Waals surface area contributed by atoms with Crippen molar-refractivity contribution in [2.75, 3.05) is 6.54 Å². The number of nitrogens with two attached hydrogens (primary N) is 1. The highest BCUT2D eigenvalue weighted by Crippen LogP contribution is 2.40. The van der Waals surface area contributed by atoms with Gasteiger partial charge in [-0.2, -0.15) is 0 Å². The Morgan fingerprint density at radius 2 is 2.15 bits per heavy atom. The number of amides is 1. The van der Waals surface area contributed by atoms with E-state index in [0.29, 0.717) is 23.7 Å². The van der Waals surface area contributed by atoms with Crippen LogP contribution in [0.5, 0.6) is 0 Å². The molecule has 2 aromatic rings. The normalized spacial score (nSPS) is 16.4. The van der Waals surface area contributed by atoms with Gasteiger partial charge in [0.05, 0.1) is 22.2 Å². The lowest BCUT2D eigenvalue weighted by Crippen LogP contribution is -2.55. The van der Waals surface area contributed by atoms with Gasteiger partial charge in [-0.05, 0) is 38.2 Å². The van der Waals surface area contributed by atoms with Crippen LogP contribution in [-0.2, 0) is 6.42 Å². The van der Waals surface area contributed by atoms with E-state index in [1.54, 1.807) is 0 Å². The summed E-state index contributed by atoms with van der Waals surface area (Å²) in [5.41, 5.74) is 8.28. The first-order chi connectivity index (χ1) is 11.9. The molecule has 1 fully saturated rings. The third-order valence-electron chi connectivity index (χ3n) is 5.36. The SMILES string of the molecule is CCCc1noc2nc(C3CC3)cc(C(=O)NC(C)(CN)C(C)C)c12.Cl. The van der Waals surface area contributed by atoms with Gasteiger partial charge in [-0.1, -0.05) is 32.3 Å². The van der Waals surface area contributed by atoms with E-state index in [0.717, 1.165) is 42.5 Å². The summed E-state index contributed by atoms with van der Waals surface area (Å²) >= 11 is 0. The first-order valence-corrected chi connectivity index (χ1v) is 9.21. The Balaban J connectivity index is 0.00000243. The van der Waals surface area contributed by atoms with E-state index >= 15 is 0 Å². The lowest BCUT2D eigenvalue weighted by atomic mass is 9.88. The number of pyridine rings is 1. The van der Waals surface area contributed by atoms with Crippen molar-refractivity contribution in [3.05, 3.63) is 23.0 Å². The third kappa shape index (κ3) is 3.86. The number of carbonyl (C=O) groups is 1. The Hall–Kier alpha value is -1.66. The van der Waals surface area contributed by atoms with E-state index in [1.807, 2.05) is 13.0 Å². The smallest absolute Gasteiger partial charge is 0.259 e. The highest BCUT2D eigenvalue weighted by Gasteiger charge is 2.32. The Labute approximate surface area is 160 Å². The Bertz CT molecular complexity index is 785. The lowest BCUT2D eigenvalue weighted by molar-refractivity contribution is 0.0884. The van der Waals surface area contributed by atoms with Crippen molar-refractivity contribution in [2.24, 2.45) is 11.7 Å². The number of fused-ring (bicyclic) bond motifs is 1. The van der Waals surface area contributed by atoms with Crippen LogP contribution in [0.4, 0.5) is 0 Å². The fourth-order valence-electron chi connectivity index (χ4n) is 2.96. The number of aromatic nitrogens is 2. The van der Waals surface area contributed by atoms with Gasteiger partial charge in [0.25, 0.3) is 11.6 Å². The maximum absolute atomic E-state index is 13.1. The molecule has 1 aliphatic rings. The number of nitrogens with zero attached hydrogens (tertiary/aromatic N) is 2. The third-order valence-corrected chi connectivity index (χ3v) is 5.36. The predicted octanol–water partition coefficient (Wildman–Crippen LogP) is 3.58. The molecule has 6 nitrogen and oxygen atoms in total. The number of aryl methyl sites for hydroxylation is 1. The maximum atomic E-state index is 13.1. The number of rotatable bonds is 7. The van der Waals surface area contributed by atoms with Crippen LogP contribution in [0.15, 0.2) is 10.6 Å². The van der Waals surface area contributed by atoms with E-state index in [2.05, 4.69) is 36.2 Å². The summed E-state index contributed by atoms with van der Waals surface area (Å²) in [5.74, 6) is 0.525. The Morgan fingerprint density at radius 3 is 2.69 bits per heavy atom. The molecule has 1 atom stereocenters. The molecule has 2 heterocycles. The summed E-state index contributed by atoms with van der Waals surface area (Å²) < 4.78 is 5.45. The van der Waals surface area contributed by atoms with Gasteiger partial charge in [0.15, 0.2) is 0 Å². The quantitative estimate of drug-likeness (QED) is 0.765. The lowest BCUT2D eigenvalue weighted by Gasteiger charge is -2.33. The van der Waals surface area contributed by atoms with Gasteiger partial charge in [-0.25, -0.2) is 4.98 Å².